The van der Waals surface area contributed by atoms with Crippen LogP contribution in [0.4, 0.5) is 5.69 Å². The molecule has 1 aliphatic rings. The summed E-state index contributed by atoms with van der Waals surface area (Å²) in [5.41, 5.74) is 1.13. The van der Waals surface area contributed by atoms with Crippen LogP contribution in [0, 0.1) is 0 Å². The van der Waals surface area contributed by atoms with Crippen LogP contribution in [-0.4, -0.2) is 32.2 Å². The van der Waals surface area contributed by atoms with Crippen molar-refractivity contribution in [2.45, 2.75) is 18.4 Å². The van der Waals surface area contributed by atoms with Crippen molar-refractivity contribution >= 4 is 40.8 Å². The fourth-order valence-electron chi connectivity index (χ4n) is 2.31. The molecular formula is C13H13Cl2NO4. The molecule has 0 fully saturated rings. The fraction of sp³-hybridized carbons (Fsp3) is 0.385. The van der Waals surface area contributed by atoms with Crippen molar-refractivity contribution < 1.29 is 19.1 Å². The first-order valence-corrected chi connectivity index (χ1v) is 6.64. The number of fused-ring (bicyclic) bond motifs is 1. The molecule has 7 heteroatoms. The summed E-state index contributed by atoms with van der Waals surface area (Å²) in [6.07, 6.45) is 0.216. The number of carbonyl (C=O) groups excluding carboxylic acids is 2. The molecule has 0 bridgehead atoms. The summed E-state index contributed by atoms with van der Waals surface area (Å²) >= 11 is 12.1. The van der Waals surface area contributed by atoms with E-state index >= 15 is 0 Å². The molecule has 1 aliphatic heterocycles. The van der Waals surface area contributed by atoms with E-state index in [0.29, 0.717) is 21.3 Å². The summed E-state index contributed by atoms with van der Waals surface area (Å²) in [4.78, 5) is 23.6. The number of anilines is 1. The zero-order valence-electron chi connectivity index (χ0n) is 10.9. The van der Waals surface area contributed by atoms with Gasteiger partial charge in [-0.2, -0.15) is 0 Å². The van der Waals surface area contributed by atoms with Gasteiger partial charge in [0.05, 0.1) is 20.1 Å². The van der Waals surface area contributed by atoms with Gasteiger partial charge < -0.3 is 14.8 Å². The average molecular weight is 318 g/mol. The van der Waals surface area contributed by atoms with Crippen LogP contribution in [0.1, 0.15) is 17.9 Å². The van der Waals surface area contributed by atoms with E-state index in [1.54, 1.807) is 12.1 Å². The van der Waals surface area contributed by atoms with Crippen LogP contribution in [0.2, 0.25) is 10.0 Å². The van der Waals surface area contributed by atoms with Crippen molar-refractivity contribution in [3.63, 3.8) is 0 Å². The lowest BCUT2D eigenvalue weighted by molar-refractivity contribution is -0.144. The van der Waals surface area contributed by atoms with Crippen LogP contribution in [0.25, 0.3) is 0 Å². The van der Waals surface area contributed by atoms with E-state index in [-0.39, 0.29) is 6.42 Å². The number of rotatable bonds is 2. The lowest BCUT2D eigenvalue weighted by atomic mass is 9.87. The summed E-state index contributed by atoms with van der Waals surface area (Å²) < 4.78 is 9.49. The maximum absolute atomic E-state index is 11.9. The first kappa shape index (κ1) is 14.9. The van der Waals surface area contributed by atoms with Crippen molar-refractivity contribution in [2.24, 2.45) is 0 Å². The minimum atomic E-state index is -0.647. The third-order valence-corrected chi connectivity index (χ3v) is 3.75. The van der Waals surface area contributed by atoms with E-state index < -0.39 is 23.9 Å². The Balaban J connectivity index is 2.49. The minimum absolute atomic E-state index is 0.216. The molecule has 20 heavy (non-hydrogen) atoms. The van der Waals surface area contributed by atoms with Gasteiger partial charge in [0.25, 0.3) is 0 Å². The Morgan fingerprint density at radius 3 is 2.45 bits per heavy atom. The molecule has 1 aromatic rings. The molecule has 0 saturated carbocycles. The number of halogens is 2. The number of nitrogens with one attached hydrogen (secondary N) is 1. The van der Waals surface area contributed by atoms with Crippen LogP contribution in [0.15, 0.2) is 12.1 Å². The summed E-state index contributed by atoms with van der Waals surface area (Å²) in [7, 11) is 2.58. The number of benzene rings is 1. The minimum Gasteiger partial charge on any atom is -0.469 e. The Hall–Kier alpha value is -1.46. The lowest BCUT2D eigenvalue weighted by Gasteiger charge is -2.31. The standard InChI is InChI=1S/C13H13Cl2NO4/c1-19-12(17)7-5-10(13(18)20-2)16-9-4-6(14)3-8(15)11(7)9/h3-4,7,10,16H,5H2,1-2H3/t7-,10-/m0/s1. The third-order valence-electron chi connectivity index (χ3n) is 3.22. The van der Waals surface area contributed by atoms with Crippen LogP contribution < -0.4 is 5.32 Å². The molecule has 1 N–H and O–H groups in total. The Kier molecular flexibility index (Phi) is 4.40. The molecule has 0 amide bonds. The van der Waals surface area contributed by atoms with Gasteiger partial charge in [-0.15, -0.1) is 0 Å². The number of methoxy groups -OCH3 is 2. The molecule has 0 radical (unpaired) electrons. The summed E-state index contributed by atoms with van der Waals surface area (Å²) in [6.45, 7) is 0. The molecule has 0 spiro atoms. The molecule has 2 atom stereocenters. The highest BCUT2D eigenvalue weighted by Gasteiger charge is 2.37. The zero-order chi connectivity index (χ0) is 14.9. The maximum atomic E-state index is 11.9. The second-order valence-corrected chi connectivity index (χ2v) is 5.22. The predicted octanol–water partition coefficient (Wildman–Crippen LogP) is 2.61. The van der Waals surface area contributed by atoms with E-state index in [1.165, 1.54) is 14.2 Å². The fourth-order valence-corrected chi connectivity index (χ4v) is 2.94. The molecule has 0 aliphatic carbocycles. The molecule has 1 aromatic carbocycles. The monoisotopic (exact) mass is 317 g/mol. The van der Waals surface area contributed by atoms with Gasteiger partial charge >= 0.3 is 11.9 Å². The van der Waals surface area contributed by atoms with Crippen LogP contribution in [0.3, 0.4) is 0 Å². The Morgan fingerprint density at radius 2 is 1.85 bits per heavy atom. The van der Waals surface area contributed by atoms with Crippen molar-refractivity contribution in [3.05, 3.63) is 27.7 Å². The van der Waals surface area contributed by atoms with E-state index in [2.05, 4.69) is 5.32 Å². The van der Waals surface area contributed by atoms with Gasteiger partial charge in [0.1, 0.15) is 6.04 Å². The predicted molar refractivity (Wildman–Crippen MR) is 75.3 cm³/mol. The normalized spacial score (nSPS) is 20.6. The number of hydrogen-bond donors (Lipinski definition) is 1. The number of hydrogen-bond acceptors (Lipinski definition) is 5. The maximum Gasteiger partial charge on any atom is 0.328 e. The van der Waals surface area contributed by atoms with Gasteiger partial charge in [-0.1, -0.05) is 23.2 Å². The molecule has 1 heterocycles. The highest BCUT2D eigenvalue weighted by molar-refractivity contribution is 6.36. The largest absolute Gasteiger partial charge is 0.469 e. The van der Waals surface area contributed by atoms with Crippen molar-refractivity contribution in [2.75, 3.05) is 19.5 Å². The van der Waals surface area contributed by atoms with E-state index in [9.17, 15) is 9.59 Å². The van der Waals surface area contributed by atoms with Gasteiger partial charge in [-0.3, -0.25) is 4.79 Å². The van der Waals surface area contributed by atoms with Crippen molar-refractivity contribution in [1.82, 2.24) is 0 Å². The van der Waals surface area contributed by atoms with Gasteiger partial charge in [0, 0.05) is 21.3 Å². The number of ether oxygens (including phenoxy) is 2. The van der Waals surface area contributed by atoms with Crippen molar-refractivity contribution in [3.8, 4) is 0 Å². The Labute approximate surface area is 126 Å². The van der Waals surface area contributed by atoms with E-state index in [1.807, 2.05) is 0 Å². The van der Waals surface area contributed by atoms with Crippen LogP contribution in [-0.2, 0) is 19.1 Å². The Bertz CT molecular complexity index is 562. The lowest BCUT2D eigenvalue weighted by Crippen LogP contribution is -2.38. The number of carbonyl (C=O) groups is 2. The zero-order valence-corrected chi connectivity index (χ0v) is 12.4. The molecule has 0 unspecified atom stereocenters. The van der Waals surface area contributed by atoms with E-state index in [0.717, 1.165) is 0 Å². The smallest absolute Gasteiger partial charge is 0.328 e. The van der Waals surface area contributed by atoms with Crippen LogP contribution in [0.5, 0.6) is 0 Å². The first-order chi connectivity index (χ1) is 9.47. The third kappa shape index (κ3) is 2.69. The van der Waals surface area contributed by atoms with Gasteiger partial charge in [0.2, 0.25) is 0 Å². The highest BCUT2D eigenvalue weighted by Crippen LogP contribution is 2.41. The summed E-state index contributed by atoms with van der Waals surface area (Å²) in [5, 5.41) is 3.76. The summed E-state index contributed by atoms with van der Waals surface area (Å²) in [5.74, 6) is -1.54. The van der Waals surface area contributed by atoms with E-state index in [4.69, 9.17) is 32.7 Å². The van der Waals surface area contributed by atoms with Crippen molar-refractivity contribution in [1.29, 1.82) is 0 Å². The molecule has 5 nitrogen and oxygen atoms in total. The molecule has 0 saturated heterocycles. The first-order valence-electron chi connectivity index (χ1n) is 5.89. The second-order valence-electron chi connectivity index (χ2n) is 4.38. The average Bonchev–Trinajstić information content (AvgIpc) is 2.43. The van der Waals surface area contributed by atoms with Crippen LogP contribution >= 0.6 is 23.2 Å². The van der Waals surface area contributed by atoms with Gasteiger partial charge in [-0.25, -0.2) is 4.79 Å². The quantitative estimate of drug-likeness (QED) is 0.849. The molecule has 0 aromatic heterocycles. The topological polar surface area (TPSA) is 64.6 Å². The SMILES string of the molecule is COC(=O)[C@@H]1C[C@H](C(=O)OC)c2c(Cl)cc(Cl)cc2N1. The number of esters is 2. The summed E-state index contributed by atoms with van der Waals surface area (Å²) in [6, 6.07) is 2.53. The Morgan fingerprint density at radius 1 is 1.20 bits per heavy atom. The molecule has 108 valence electrons. The van der Waals surface area contributed by atoms with Gasteiger partial charge in [-0.05, 0) is 18.6 Å². The van der Waals surface area contributed by atoms with Gasteiger partial charge in [0.15, 0.2) is 0 Å². The molecular weight excluding hydrogens is 305 g/mol. The highest BCUT2D eigenvalue weighted by atomic mass is 35.5. The molecule has 2 rings (SSSR count). The second kappa shape index (κ2) is 5.89.